The van der Waals surface area contributed by atoms with Crippen molar-refractivity contribution < 1.29 is 21.6 Å². The number of rotatable bonds is 7. The maximum absolute atomic E-state index is 12.9. The lowest BCUT2D eigenvalue weighted by Crippen LogP contribution is -2.29. The summed E-state index contributed by atoms with van der Waals surface area (Å²) in [7, 11) is -5.51. The molecular formula is C19H25NO5S2. The van der Waals surface area contributed by atoms with Crippen molar-refractivity contribution in [2.75, 3.05) is 13.4 Å². The zero-order valence-corrected chi connectivity index (χ0v) is 17.7. The number of benzene rings is 2. The first-order chi connectivity index (χ1) is 12.5. The van der Waals surface area contributed by atoms with Gasteiger partial charge in [-0.3, -0.25) is 0 Å². The Bertz CT molecular complexity index is 1030. The van der Waals surface area contributed by atoms with E-state index in [0.717, 1.165) is 11.8 Å². The summed E-state index contributed by atoms with van der Waals surface area (Å²) in [6, 6.07) is 8.96. The van der Waals surface area contributed by atoms with Gasteiger partial charge >= 0.3 is 0 Å². The summed E-state index contributed by atoms with van der Waals surface area (Å²) in [6.07, 6.45) is 1.66. The molecule has 0 heterocycles. The molecule has 0 aliphatic heterocycles. The summed E-state index contributed by atoms with van der Waals surface area (Å²) >= 11 is 0. The Morgan fingerprint density at radius 1 is 0.963 bits per heavy atom. The van der Waals surface area contributed by atoms with Gasteiger partial charge in [-0.2, -0.15) is 0 Å². The van der Waals surface area contributed by atoms with Crippen molar-refractivity contribution in [3.8, 4) is 5.75 Å². The molecule has 0 fully saturated rings. The molecule has 0 radical (unpaired) electrons. The molecule has 0 aromatic heterocycles. The van der Waals surface area contributed by atoms with Crippen LogP contribution in [0.4, 0.5) is 0 Å². The van der Waals surface area contributed by atoms with E-state index in [1.54, 1.807) is 32.2 Å². The lowest BCUT2D eigenvalue weighted by Gasteiger charge is -2.20. The van der Waals surface area contributed by atoms with E-state index in [2.05, 4.69) is 4.72 Å². The quantitative estimate of drug-likeness (QED) is 0.756. The van der Waals surface area contributed by atoms with Gasteiger partial charge in [-0.1, -0.05) is 19.1 Å². The van der Waals surface area contributed by atoms with E-state index in [1.807, 2.05) is 13.8 Å². The molecule has 0 bridgehead atoms. The Hall–Kier alpha value is -1.90. The van der Waals surface area contributed by atoms with Crippen LogP contribution < -0.4 is 9.46 Å². The first-order valence-electron chi connectivity index (χ1n) is 8.47. The smallest absolute Gasteiger partial charge is 0.241 e. The highest BCUT2D eigenvalue weighted by molar-refractivity contribution is 7.90. The van der Waals surface area contributed by atoms with Crippen LogP contribution in [-0.4, -0.2) is 30.2 Å². The first kappa shape index (κ1) is 21.4. The third-order valence-electron chi connectivity index (χ3n) is 4.61. The topological polar surface area (TPSA) is 89.5 Å². The number of methoxy groups -OCH3 is 1. The number of nitrogens with one attached hydrogen (secondary N) is 1. The molecule has 0 saturated carbocycles. The lowest BCUT2D eigenvalue weighted by atomic mass is 10.1. The molecule has 0 aliphatic rings. The summed E-state index contributed by atoms with van der Waals surface area (Å²) in [5.41, 5.74) is 2.10. The molecule has 27 heavy (non-hydrogen) atoms. The average molecular weight is 412 g/mol. The van der Waals surface area contributed by atoms with Gasteiger partial charge in [-0.05, 0) is 61.2 Å². The largest absolute Gasteiger partial charge is 0.496 e. The minimum atomic E-state index is -3.76. The van der Waals surface area contributed by atoms with Crippen LogP contribution in [0.1, 0.15) is 36.1 Å². The predicted molar refractivity (Wildman–Crippen MR) is 105 cm³/mol. The van der Waals surface area contributed by atoms with Crippen molar-refractivity contribution in [3.63, 3.8) is 0 Å². The van der Waals surface area contributed by atoms with Crippen molar-refractivity contribution in [3.05, 3.63) is 53.1 Å². The zero-order valence-electron chi connectivity index (χ0n) is 16.1. The maximum atomic E-state index is 12.9. The standard InChI is InChI=1S/C19H25NO5S2/c1-6-17(15-7-9-16(10-8-15)26(5,21)22)20-27(23,24)19-12-11-18(25-4)13(2)14(19)3/h7-12,17,20H,6H2,1-5H3/t17-/m1/s1. The fraction of sp³-hybridized carbons (Fsp3) is 0.368. The van der Waals surface area contributed by atoms with Crippen LogP contribution in [0, 0.1) is 13.8 Å². The van der Waals surface area contributed by atoms with Crippen molar-refractivity contribution in [1.29, 1.82) is 0 Å². The lowest BCUT2D eigenvalue weighted by molar-refractivity contribution is 0.410. The number of sulfone groups is 1. The van der Waals surface area contributed by atoms with E-state index >= 15 is 0 Å². The molecule has 0 spiro atoms. The van der Waals surface area contributed by atoms with Gasteiger partial charge in [-0.25, -0.2) is 21.6 Å². The Labute approximate surface area is 161 Å². The molecule has 8 heteroatoms. The van der Waals surface area contributed by atoms with Crippen LogP contribution in [0.5, 0.6) is 5.75 Å². The summed E-state index contributed by atoms with van der Waals surface area (Å²) in [5, 5.41) is 0. The predicted octanol–water partition coefficient (Wildman–Crippen LogP) is 3.15. The number of hydrogen-bond acceptors (Lipinski definition) is 5. The van der Waals surface area contributed by atoms with E-state index in [-0.39, 0.29) is 9.79 Å². The summed E-state index contributed by atoms with van der Waals surface area (Å²) < 4.78 is 57.0. The van der Waals surface area contributed by atoms with Gasteiger partial charge in [0.1, 0.15) is 5.75 Å². The Morgan fingerprint density at radius 2 is 1.56 bits per heavy atom. The van der Waals surface area contributed by atoms with Crippen LogP contribution in [0.3, 0.4) is 0 Å². The van der Waals surface area contributed by atoms with Crippen molar-refractivity contribution in [2.24, 2.45) is 0 Å². The van der Waals surface area contributed by atoms with Gasteiger partial charge < -0.3 is 4.74 Å². The maximum Gasteiger partial charge on any atom is 0.241 e. The second-order valence-electron chi connectivity index (χ2n) is 6.44. The van der Waals surface area contributed by atoms with Gasteiger partial charge in [0.25, 0.3) is 0 Å². The van der Waals surface area contributed by atoms with Crippen LogP contribution in [0.25, 0.3) is 0 Å². The molecule has 0 aliphatic carbocycles. The Kier molecular flexibility index (Phi) is 6.34. The molecule has 0 saturated heterocycles. The normalized spacial score (nSPS) is 13.4. The molecular weight excluding hydrogens is 386 g/mol. The summed E-state index contributed by atoms with van der Waals surface area (Å²) in [5.74, 6) is 0.634. The summed E-state index contributed by atoms with van der Waals surface area (Å²) in [4.78, 5) is 0.401. The molecule has 2 aromatic carbocycles. The van der Waals surface area contributed by atoms with Crippen LogP contribution in [0.15, 0.2) is 46.2 Å². The van der Waals surface area contributed by atoms with E-state index in [4.69, 9.17) is 4.74 Å². The molecule has 0 amide bonds. The second-order valence-corrected chi connectivity index (χ2v) is 10.1. The van der Waals surface area contributed by atoms with E-state index in [1.165, 1.54) is 18.2 Å². The zero-order chi connectivity index (χ0) is 20.4. The molecule has 0 unspecified atom stereocenters. The summed E-state index contributed by atoms with van der Waals surface area (Å²) in [6.45, 7) is 5.42. The van der Waals surface area contributed by atoms with Crippen molar-refractivity contribution in [2.45, 2.75) is 43.0 Å². The highest BCUT2D eigenvalue weighted by atomic mass is 32.2. The van der Waals surface area contributed by atoms with Crippen LogP contribution in [0.2, 0.25) is 0 Å². The van der Waals surface area contributed by atoms with Crippen LogP contribution in [-0.2, 0) is 19.9 Å². The molecule has 2 rings (SSSR count). The minimum Gasteiger partial charge on any atom is -0.496 e. The SMILES string of the molecule is CC[C@@H](NS(=O)(=O)c1ccc(OC)c(C)c1C)c1ccc(S(C)(=O)=O)cc1. The van der Waals surface area contributed by atoms with Gasteiger partial charge in [0, 0.05) is 12.3 Å². The highest BCUT2D eigenvalue weighted by Crippen LogP contribution is 2.28. The van der Waals surface area contributed by atoms with E-state index in [0.29, 0.717) is 23.3 Å². The van der Waals surface area contributed by atoms with E-state index < -0.39 is 25.9 Å². The number of hydrogen-bond donors (Lipinski definition) is 1. The fourth-order valence-electron chi connectivity index (χ4n) is 2.87. The molecule has 2 aromatic rings. The molecule has 1 N–H and O–H groups in total. The van der Waals surface area contributed by atoms with Gasteiger partial charge in [0.2, 0.25) is 10.0 Å². The Balaban J connectivity index is 2.36. The van der Waals surface area contributed by atoms with Crippen molar-refractivity contribution in [1.82, 2.24) is 4.72 Å². The van der Waals surface area contributed by atoms with Gasteiger partial charge in [0.05, 0.1) is 16.9 Å². The van der Waals surface area contributed by atoms with Crippen LogP contribution >= 0.6 is 0 Å². The molecule has 1 atom stereocenters. The highest BCUT2D eigenvalue weighted by Gasteiger charge is 2.23. The van der Waals surface area contributed by atoms with Crippen molar-refractivity contribution >= 4 is 19.9 Å². The van der Waals surface area contributed by atoms with Gasteiger partial charge in [-0.15, -0.1) is 0 Å². The third-order valence-corrected chi connectivity index (χ3v) is 7.36. The van der Waals surface area contributed by atoms with Gasteiger partial charge in [0.15, 0.2) is 9.84 Å². The first-order valence-corrected chi connectivity index (χ1v) is 11.8. The van der Waals surface area contributed by atoms with E-state index in [9.17, 15) is 16.8 Å². The molecule has 6 nitrogen and oxygen atoms in total. The molecule has 148 valence electrons. The number of sulfonamides is 1. The second kappa shape index (κ2) is 8.00. The fourth-order valence-corrected chi connectivity index (χ4v) is 5.11. The number of ether oxygens (including phenoxy) is 1. The Morgan fingerprint density at radius 3 is 2.04 bits per heavy atom. The minimum absolute atomic E-state index is 0.200. The monoisotopic (exact) mass is 411 g/mol. The average Bonchev–Trinajstić information content (AvgIpc) is 2.61. The third kappa shape index (κ3) is 4.69.